The first kappa shape index (κ1) is 9.19. The van der Waals surface area contributed by atoms with Crippen LogP contribution in [0.2, 0.25) is 0 Å². The summed E-state index contributed by atoms with van der Waals surface area (Å²) in [4.78, 5) is 5.19. The van der Waals surface area contributed by atoms with E-state index < -0.39 is 0 Å². The molecule has 0 saturated carbocycles. The van der Waals surface area contributed by atoms with Gasteiger partial charge in [0, 0.05) is 5.38 Å². The average Bonchev–Trinajstić information content (AvgIpc) is 2.58. The number of fused-ring (bicyclic) bond motifs is 1. The van der Waals surface area contributed by atoms with Crippen LogP contribution in [0.5, 0.6) is 0 Å². The summed E-state index contributed by atoms with van der Waals surface area (Å²) in [6.45, 7) is 7.93. The lowest BCUT2D eigenvalue weighted by Crippen LogP contribution is -1.85. The predicted octanol–water partition coefficient (Wildman–Crippen LogP) is 2.43. The van der Waals surface area contributed by atoms with Gasteiger partial charge in [0.15, 0.2) is 0 Å². The summed E-state index contributed by atoms with van der Waals surface area (Å²) in [6.07, 6.45) is 0. The van der Waals surface area contributed by atoms with Crippen LogP contribution in [0.4, 0.5) is 0 Å². The SMILES string of the molecule is CC.Cc1nc2scc(C)n2n1. The second kappa shape index (κ2) is 3.67. The Balaban J connectivity index is 0.000000336. The molecule has 0 radical (unpaired) electrons. The molecule has 0 spiro atoms. The largest absolute Gasteiger partial charge is 0.212 e. The molecule has 0 aliphatic rings. The smallest absolute Gasteiger partial charge is 0.208 e. The molecule has 0 N–H and O–H groups in total. The number of rotatable bonds is 0. The summed E-state index contributed by atoms with van der Waals surface area (Å²) in [5.41, 5.74) is 1.15. The molecule has 12 heavy (non-hydrogen) atoms. The van der Waals surface area contributed by atoms with Gasteiger partial charge in [-0.2, -0.15) is 5.10 Å². The summed E-state index contributed by atoms with van der Waals surface area (Å²) in [6, 6.07) is 0. The zero-order valence-electron chi connectivity index (χ0n) is 7.83. The first-order chi connectivity index (χ1) is 5.77. The molecule has 2 heterocycles. The van der Waals surface area contributed by atoms with E-state index in [1.54, 1.807) is 11.3 Å². The van der Waals surface area contributed by atoms with Crippen molar-refractivity contribution in [3.05, 3.63) is 16.9 Å². The molecule has 0 aliphatic heterocycles. The van der Waals surface area contributed by atoms with E-state index in [1.807, 2.05) is 32.2 Å². The van der Waals surface area contributed by atoms with Crippen molar-refractivity contribution < 1.29 is 0 Å². The first-order valence-corrected chi connectivity index (χ1v) is 4.93. The number of thiazole rings is 1. The number of aryl methyl sites for hydroxylation is 2. The molecule has 0 amide bonds. The predicted molar refractivity (Wildman–Crippen MR) is 51.7 cm³/mol. The quantitative estimate of drug-likeness (QED) is 0.628. The van der Waals surface area contributed by atoms with Crippen LogP contribution in [-0.4, -0.2) is 14.6 Å². The van der Waals surface area contributed by atoms with Crippen LogP contribution in [0, 0.1) is 13.8 Å². The van der Waals surface area contributed by atoms with Crippen LogP contribution in [0.25, 0.3) is 4.96 Å². The number of hydrogen-bond acceptors (Lipinski definition) is 3. The Bertz CT molecular complexity index is 361. The summed E-state index contributed by atoms with van der Waals surface area (Å²) in [5.74, 6) is 0.843. The molecule has 0 unspecified atom stereocenters. The standard InChI is InChI=1S/C6H7N3S.C2H6/c1-4-3-10-6-7-5(2)8-9(4)6;1-2/h3H,1-2H3;1-2H3. The molecule has 2 aromatic rings. The molecule has 3 nitrogen and oxygen atoms in total. The number of nitrogens with zero attached hydrogens (tertiary/aromatic N) is 3. The fraction of sp³-hybridized carbons (Fsp3) is 0.500. The molecule has 0 atom stereocenters. The zero-order chi connectivity index (χ0) is 9.14. The van der Waals surface area contributed by atoms with Gasteiger partial charge in [-0.3, -0.25) is 0 Å². The van der Waals surface area contributed by atoms with Crippen molar-refractivity contribution in [3.8, 4) is 0 Å². The second-order valence-corrected chi connectivity index (χ2v) is 3.07. The van der Waals surface area contributed by atoms with Crippen molar-refractivity contribution in [3.63, 3.8) is 0 Å². The Kier molecular flexibility index (Phi) is 2.81. The zero-order valence-corrected chi connectivity index (χ0v) is 8.64. The van der Waals surface area contributed by atoms with Gasteiger partial charge in [0.25, 0.3) is 0 Å². The van der Waals surface area contributed by atoms with Crippen molar-refractivity contribution in [1.29, 1.82) is 0 Å². The first-order valence-electron chi connectivity index (χ1n) is 4.05. The lowest BCUT2D eigenvalue weighted by molar-refractivity contribution is 0.905. The van der Waals surface area contributed by atoms with Gasteiger partial charge in [0.1, 0.15) is 5.82 Å². The molecule has 2 aromatic heterocycles. The Morgan fingerprint density at radius 2 is 2.00 bits per heavy atom. The van der Waals surface area contributed by atoms with Gasteiger partial charge < -0.3 is 0 Å². The highest BCUT2D eigenvalue weighted by molar-refractivity contribution is 7.15. The molecule has 0 aromatic carbocycles. The molecule has 0 saturated heterocycles. The van der Waals surface area contributed by atoms with E-state index in [-0.39, 0.29) is 0 Å². The van der Waals surface area contributed by atoms with Crippen molar-refractivity contribution in [1.82, 2.24) is 14.6 Å². The Labute approximate surface area is 76.1 Å². The summed E-state index contributed by atoms with van der Waals surface area (Å²) < 4.78 is 1.86. The van der Waals surface area contributed by atoms with Crippen LogP contribution < -0.4 is 0 Å². The van der Waals surface area contributed by atoms with Gasteiger partial charge in [0.2, 0.25) is 4.96 Å². The molecular weight excluding hydrogens is 170 g/mol. The van der Waals surface area contributed by atoms with Crippen molar-refractivity contribution in [2.24, 2.45) is 0 Å². The van der Waals surface area contributed by atoms with Crippen LogP contribution in [-0.2, 0) is 0 Å². The van der Waals surface area contributed by atoms with E-state index in [4.69, 9.17) is 0 Å². The molecule has 0 aliphatic carbocycles. The molecule has 0 fully saturated rings. The molecule has 66 valence electrons. The lowest BCUT2D eigenvalue weighted by Gasteiger charge is -1.81. The van der Waals surface area contributed by atoms with E-state index in [1.165, 1.54) is 0 Å². The highest BCUT2D eigenvalue weighted by atomic mass is 32.1. The molecule has 4 heteroatoms. The third-order valence-corrected chi connectivity index (χ3v) is 2.29. The maximum absolute atomic E-state index is 4.20. The van der Waals surface area contributed by atoms with Gasteiger partial charge >= 0.3 is 0 Å². The third kappa shape index (κ3) is 1.48. The summed E-state index contributed by atoms with van der Waals surface area (Å²) in [5, 5.41) is 6.24. The topological polar surface area (TPSA) is 30.2 Å². The minimum Gasteiger partial charge on any atom is -0.208 e. The molecule has 0 bridgehead atoms. The molecular formula is C8H13N3S. The van der Waals surface area contributed by atoms with Crippen molar-refractivity contribution in [2.45, 2.75) is 27.7 Å². The number of aromatic nitrogens is 3. The van der Waals surface area contributed by atoms with Crippen molar-refractivity contribution in [2.75, 3.05) is 0 Å². The highest BCUT2D eigenvalue weighted by Gasteiger charge is 2.01. The maximum atomic E-state index is 4.20. The average molecular weight is 183 g/mol. The van der Waals surface area contributed by atoms with Crippen LogP contribution in [0.3, 0.4) is 0 Å². The normalized spacial score (nSPS) is 9.67. The van der Waals surface area contributed by atoms with E-state index in [0.717, 1.165) is 16.5 Å². The lowest BCUT2D eigenvalue weighted by atomic mass is 10.6. The summed E-state index contributed by atoms with van der Waals surface area (Å²) >= 11 is 1.62. The van der Waals surface area contributed by atoms with Gasteiger partial charge in [-0.05, 0) is 13.8 Å². The molecule has 2 rings (SSSR count). The minimum absolute atomic E-state index is 0.843. The second-order valence-electron chi connectivity index (χ2n) is 2.23. The highest BCUT2D eigenvalue weighted by Crippen LogP contribution is 2.12. The minimum atomic E-state index is 0.843. The Morgan fingerprint density at radius 1 is 1.33 bits per heavy atom. The van der Waals surface area contributed by atoms with E-state index in [2.05, 4.69) is 15.5 Å². The number of hydrogen-bond donors (Lipinski definition) is 0. The van der Waals surface area contributed by atoms with E-state index >= 15 is 0 Å². The van der Waals surface area contributed by atoms with Crippen LogP contribution >= 0.6 is 11.3 Å². The monoisotopic (exact) mass is 183 g/mol. The van der Waals surface area contributed by atoms with E-state index in [9.17, 15) is 0 Å². The third-order valence-electron chi connectivity index (χ3n) is 1.35. The fourth-order valence-electron chi connectivity index (χ4n) is 0.890. The fourth-order valence-corrected chi connectivity index (χ4v) is 1.73. The van der Waals surface area contributed by atoms with Crippen LogP contribution in [0.1, 0.15) is 25.4 Å². The van der Waals surface area contributed by atoms with Gasteiger partial charge in [-0.25, -0.2) is 9.50 Å². The van der Waals surface area contributed by atoms with Gasteiger partial charge in [-0.1, -0.05) is 13.8 Å². The Hall–Kier alpha value is -0.900. The summed E-state index contributed by atoms with van der Waals surface area (Å²) in [7, 11) is 0. The van der Waals surface area contributed by atoms with E-state index in [0.29, 0.717) is 0 Å². The van der Waals surface area contributed by atoms with Gasteiger partial charge in [-0.15, -0.1) is 11.3 Å². The van der Waals surface area contributed by atoms with Crippen molar-refractivity contribution >= 4 is 16.3 Å². The van der Waals surface area contributed by atoms with Crippen LogP contribution in [0.15, 0.2) is 5.38 Å². The Morgan fingerprint density at radius 3 is 2.58 bits per heavy atom. The maximum Gasteiger partial charge on any atom is 0.212 e. The van der Waals surface area contributed by atoms with Gasteiger partial charge in [0.05, 0.1) is 5.69 Å².